The fourth-order valence-electron chi connectivity index (χ4n) is 2.13. The lowest BCUT2D eigenvalue weighted by Gasteiger charge is -2.24. The zero-order chi connectivity index (χ0) is 9.40. The van der Waals surface area contributed by atoms with Crippen molar-refractivity contribution < 1.29 is 0 Å². The topological polar surface area (TPSA) is 0 Å². The minimum absolute atomic E-state index is 0.880. The number of rotatable bonds is 7. The van der Waals surface area contributed by atoms with Crippen molar-refractivity contribution in [1.82, 2.24) is 0 Å². The maximum absolute atomic E-state index is 4.04. The summed E-state index contributed by atoms with van der Waals surface area (Å²) in [6.07, 6.45) is 7.92. The van der Waals surface area contributed by atoms with E-state index in [2.05, 4.69) is 27.7 Å². The summed E-state index contributed by atoms with van der Waals surface area (Å²) in [7, 11) is 0. The molecule has 0 saturated carbocycles. The second-order valence-electron chi connectivity index (χ2n) is 3.79. The van der Waals surface area contributed by atoms with Gasteiger partial charge >= 0.3 is 0 Å². The van der Waals surface area contributed by atoms with Crippen LogP contribution >= 0.6 is 0 Å². The molecule has 0 amide bonds. The van der Waals surface area contributed by atoms with Gasteiger partial charge in [-0.3, -0.25) is 0 Å². The van der Waals surface area contributed by atoms with E-state index < -0.39 is 0 Å². The van der Waals surface area contributed by atoms with Crippen LogP contribution in [0.1, 0.15) is 59.3 Å². The third-order valence-electron chi connectivity index (χ3n) is 2.88. The van der Waals surface area contributed by atoms with Gasteiger partial charge in [0, 0.05) is 0 Å². The highest BCUT2D eigenvalue weighted by Crippen LogP contribution is 2.27. The molecule has 0 heterocycles. The molecule has 0 aliphatic heterocycles. The van der Waals surface area contributed by atoms with E-state index in [1.807, 2.05) is 0 Å². The number of hydrogen-bond donors (Lipinski definition) is 0. The molecule has 0 fully saturated rings. The van der Waals surface area contributed by atoms with Crippen LogP contribution in [0.4, 0.5) is 0 Å². The van der Waals surface area contributed by atoms with Gasteiger partial charge in [0.05, 0.1) is 0 Å². The van der Waals surface area contributed by atoms with Gasteiger partial charge in [-0.25, -0.2) is 0 Å². The predicted molar refractivity (Wildman–Crippen MR) is 57.1 cm³/mol. The molecule has 0 spiro atoms. The first-order valence-corrected chi connectivity index (χ1v) is 5.59. The minimum Gasteiger partial charge on any atom is -0.0654 e. The Morgan fingerprint density at radius 2 is 1.42 bits per heavy atom. The molecule has 0 bridgehead atoms. The summed E-state index contributed by atoms with van der Waals surface area (Å²) < 4.78 is 0. The van der Waals surface area contributed by atoms with Crippen molar-refractivity contribution in [3.63, 3.8) is 0 Å². The Morgan fingerprint density at radius 3 is 1.67 bits per heavy atom. The summed E-state index contributed by atoms with van der Waals surface area (Å²) in [6, 6.07) is 0. The molecule has 1 unspecified atom stereocenters. The van der Waals surface area contributed by atoms with Gasteiger partial charge in [-0.1, -0.05) is 66.2 Å². The monoisotopic (exact) mass is 169 g/mol. The zero-order valence-corrected chi connectivity index (χ0v) is 9.10. The first kappa shape index (κ1) is 12.0. The smallest absolute Gasteiger partial charge is 0.0386 e. The van der Waals surface area contributed by atoms with E-state index in [0.29, 0.717) is 0 Å². The quantitative estimate of drug-likeness (QED) is 0.528. The summed E-state index contributed by atoms with van der Waals surface area (Å²) >= 11 is 0. The summed E-state index contributed by atoms with van der Waals surface area (Å²) in [6.45, 7) is 10.9. The molecule has 0 aromatic heterocycles. The van der Waals surface area contributed by atoms with Gasteiger partial charge in [0.1, 0.15) is 0 Å². The molecule has 0 heteroatoms. The van der Waals surface area contributed by atoms with Crippen LogP contribution < -0.4 is 0 Å². The molecule has 0 aromatic rings. The van der Waals surface area contributed by atoms with Gasteiger partial charge in [0.2, 0.25) is 0 Å². The van der Waals surface area contributed by atoms with Crippen molar-refractivity contribution in [3.05, 3.63) is 6.92 Å². The fraction of sp³-hybridized carbons (Fsp3) is 0.917. The van der Waals surface area contributed by atoms with Crippen LogP contribution in [0.25, 0.3) is 0 Å². The SMILES string of the molecule is [CH2]CC(CC)C(CCC)CCC. The van der Waals surface area contributed by atoms with Crippen LogP contribution in [0.15, 0.2) is 0 Å². The van der Waals surface area contributed by atoms with Gasteiger partial charge < -0.3 is 0 Å². The molecule has 0 saturated heterocycles. The van der Waals surface area contributed by atoms with Crippen LogP contribution in [0, 0.1) is 18.8 Å². The van der Waals surface area contributed by atoms with Crippen LogP contribution in [-0.4, -0.2) is 0 Å². The van der Waals surface area contributed by atoms with Gasteiger partial charge in [0.15, 0.2) is 0 Å². The zero-order valence-electron chi connectivity index (χ0n) is 9.10. The van der Waals surface area contributed by atoms with Crippen molar-refractivity contribution in [1.29, 1.82) is 0 Å². The maximum Gasteiger partial charge on any atom is -0.0386 e. The molecule has 73 valence electrons. The van der Waals surface area contributed by atoms with Crippen molar-refractivity contribution in [2.45, 2.75) is 59.3 Å². The minimum atomic E-state index is 0.880. The molecule has 1 atom stereocenters. The third-order valence-corrected chi connectivity index (χ3v) is 2.88. The molecule has 0 nitrogen and oxygen atoms in total. The molecule has 0 rings (SSSR count). The predicted octanol–water partition coefficient (Wildman–Crippen LogP) is 4.45. The van der Waals surface area contributed by atoms with Crippen molar-refractivity contribution in [3.8, 4) is 0 Å². The molecule has 12 heavy (non-hydrogen) atoms. The first-order valence-electron chi connectivity index (χ1n) is 5.59. The molecular weight excluding hydrogens is 144 g/mol. The van der Waals surface area contributed by atoms with Crippen molar-refractivity contribution in [2.24, 2.45) is 11.8 Å². The van der Waals surface area contributed by atoms with Crippen molar-refractivity contribution in [2.75, 3.05) is 0 Å². The van der Waals surface area contributed by atoms with Gasteiger partial charge in [-0.15, -0.1) is 0 Å². The molecule has 0 aliphatic rings. The Hall–Kier alpha value is 0. The summed E-state index contributed by atoms with van der Waals surface area (Å²) in [5.41, 5.74) is 0. The first-order chi connectivity index (χ1) is 5.79. The maximum atomic E-state index is 4.04. The van der Waals surface area contributed by atoms with E-state index in [0.717, 1.165) is 18.3 Å². The largest absolute Gasteiger partial charge is 0.0654 e. The Morgan fingerprint density at radius 1 is 0.917 bits per heavy atom. The Bertz CT molecular complexity index is 76.0. The van der Waals surface area contributed by atoms with E-state index in [-0.39, 0.29) is 0 Å². The van der Waals surface area contributed by atoms with Crippen LogP contribution in [0.3, 0.4) is 0 Å². The number of hydrogen-bond acceptors (Lipinski definition) is 0. The van der Waals surface area contributed by atoms with Gasteiger partial charge in [0.25, 0.3) is 0 Å². The Balaban J connectivity index is 3.86. The summed E-state index contributed by atoms with van der Waals surface area (Å²) in [5, 5.41) is 0. The average Bonchev–Trinajstić information content (AvgIpc) is 2.07. The Labute approximate surface area is 78.8 Å². The van der Waals surface area contributed by atoms with Crippen LogP contribution in [0.2, 0.25) is 0 Å². The van der Waals surface area contributed by atoms with E-state index in [1.165, 1.54) is 32.1 Å². The fourth-order valence-corrected chi connectivity index (χ4v) is 2.13. The van der Waals surface area contributed by atoms with Gasteiger partial charge in [-0.05, 0) is 11.8 Å². The van der Waals surface area contributed by atoms with E-state index >= 15 is 0 Å². The molecule has 0 aliphatic carbocycles. The highest BCUT2D eigenvalue weighted by atomic mass is 14.2. The lowest BCUT2D eigenvalue weighted by molar-refractivity contribution is 0.282. The highest BCUT2D eigenvalue weighted by Gasteiger charge is 2.15. The van der Waals surface area contributed by atoms with Crippen LogP contribution in [-0.2, 0) is 0 Å². The second kappa shape index (κ2) is 7.64. The van der Waals surface area contributed by atoms with E-state index in [1.54, 1.807) is 0 Å². The Kier molecular flexibility index (Phi) is 7.64. The molecule has 0 N–H and O–H groups in total. The van der Waals surface area contributed by atoms with E-state index in [4.69, 9.17) is 0 Å². The van der Waals surface area contributed by atoms with Crippen LogP contribution in [0.5, 0.6) is 0 Å². The standard InChI is InChI=1S/C12H25/c1-5-9-12(10-6-2)11(7-3)8-4/h11-12H,3,5-10H2,1-2,4H3. The van der Waals surface area contributed by atoms with E-state index in [9.17, 15) is 0 Å². The summed E-state index contributed by atoms with van der Waals surface area (Å²) in [4.78, 5) is 0. The molecular formula is C12H25. The molecule has 0 aromatic carbocycles. The van der Waals surface area contributed by atoms with Crippen molar-refractivity contribution >= 4 is 0 Å². The lowest BCUT2D eigenvalue weighted by atomic mass is 9.82. The second-order valence-corrected chi connectivity index (χ2v) is 3.79. The molecule has 1 radical (unpaired) electrons. The highest BCUT2D eigenvalue weighted by molar-refractivity contribution is 4.69. The van der Waals surface area contributed by atoms with Gasteiger partial charge in [-0.2, -0.15) is 0 Å². The third kappa shape index (κ3) is 4.13. The normalized spacial score (nSPS) is 11.5. The lowest BCUT2D eigenvalue weighted by Crippen LogP contribution is -2.13. The summed E-state index contributed by atoms with van der Waals surface area (Å²) in [5.74, 6) is 1.83. The average molecular weight is 169 g/mol.